The Morgan fingerprint density at radius 1 is 1.22 bits per heavy atom. The summed E-state index contributed by atoms with van der Waals surface area (Å²) in [6.07, 6.45) is 0. The van der Waals surface area contributed by atoms with Crippen LogP contribution in [0.25, 0.3) is 5.76 Å². The van der Waals surface area contributed by atoms with Crippen LogP contribution in [0, 0.1) is 10.8 Å². The molecule has 1 nitrogen and oxygen atoms in total. The van der Waals surface area contributed by atoms with Crippen molar-refractivity contribution >= 4 is 19.1 Å². The molecule has 0 radical (unpaired) electrons. The fourth-order valence-corrected chi connectivity index (χ4v) is 3.07. The van der Waals surface area contributed by atoms with Crippen molar-refractivity contribution in [1.29, 1.82) is 0 Å². The van der Waals surface area contributed by atoms with E-state index < -0.39 is 0 Å². The van der Waals surface area contributed by atoms with Crippen LogP contribution in [0.5, 0.6) is 0 Å². The van der Waals surface area contributed by atoms with Gasteiger partial charge in [-0.3, -0.25) is 0 Å². The molecule has 96 valence electrons. The quantitative estimate of drug-likeness (QED) is 0.688. The summed E-state index contributed by atoms with van der Waals surface area (Å²) >= 11 is 0. The third-order valence-corrected chi connectivity index (χ3v) is 3.51. The third kappa shape index (κ3) is 2.34. The van der Waals surface area contributed by atoms with Gasteiger partial charge in [0.15, 0.2) is 0 Å². The first kappa shape index (κ1) is 13.3. The van der Waals surface area contributed by atoms with E-state index >= 15 is 0 Å². The molecule has 1 aliphatic rings. The molecule has 0 bridgehead atoms. The van der Waals surface area contributed by atoms with E-state index in [-0.39, 0.29) is 10.8 Å². The number of benzene rings is 1. The Kier molecular flexibility index (Phi) is 3.08. The van der Waals surface area contributed by atoms with Gasteiger partial charge in [0.2, 0.25) is 0 Å². The highest BCUT2D eigenvalue weighted by Gasteiger charge is 2.41. The zero-order valence-corrected chi connectivity index (χ0v) is 12.4. The minimum absolute atomic E-state index is 0.122. The molecule has 0 N–H and O–H groups in total. The Labute approximate surface area is 112 Å². The maximum atomic E-state index is 6.03. The average Bonchev–Trinajstić information content (AvgIpc) is 2.53. The van der Waals surface area contributed by atoms with E-state index in [1.54, 1.807) is 0 Å². The molecular weight excluding hydrogens is 219 g/mol. The molecule has 0 aromatic heterocycles. The number of ether oxygens (including phenoxy) is 1. The Hall–Kier alpha value is -1.18. The smallest absolute Gasteiger partial charge is 0.139 e. The highest BCUT2D eigenvalue weighted by atomic mass is 16.5. The first-order chi connectivity index (χ1) is 8.22. The van der Waals surface area contributed by atoms with Crippen LogP contribution in [-0.2, 0) is 4.74 Å². The Morgan fingerprint density at radius 3 is 2.44 bits per heavy atom. The van der Waals surface area contributed by atoms with E-state index in [1.165, 1.54) is 16.6 Å². The molecule has 1 aromatic carbocycles. The van der Waals surface area contributed by atoms with Gasteiger partial charge >= 0.3 is 0 Å². The van der Waals surface area contributed by atoms with E-state index in [4.69, 9.17) is 4.74 Å². The Morgan fingerprint density at radius 2 is 1.89 bits per heavy atom. The number of hydrogen-bond acceptors (Lipinski definition) is 1. The van der Waals surface area contributed by atoms with Gasteiger partial charge in [0.05, 0.1) is 6.61 Å². The van der Waals surface area contributed by atoms with Crippen LogP contribution in [0.3, 0.4) is 0 Å². The minimum Gasteiger partial charge on any atom is -0.492 e. The lowest BCUT2D eigenvalue weighted by atomic mass is 9.71. The van der Waals surface area contributed by atoms with Crippen molar-refractivity contribution in [3.63, 3.8) is 0 Å². The molecule has 18 heavy (non-hydrogen) atoms. The molecule has 0 unspecified atom stereocenters. The van der Waals surface area contributed by atoms with Crippen LogP contribution < -0.4 is 5.46 Å². The zero-order valence-electron chi connectivity index (χ0n) is 12.4. The molecule has 0 spiro atoms. The summed E-state index contributed by atoms with van der Waals surface area (Å²) in [4.78, 5) is 0. The van der Waals surface area contributed by atoms with E-state index in [0.29, 0.717) is 0 Å². The summed E-state index contributed by atoms with van der Waals surface area (Å²) in [6.45, 7) is 12.1. The van der Waals surface area contributed by atoms with Crippen molar-refractivity contribution in [2.24, 2.45) is 10.8 Å². The molecule has 1 aromatic rings. The maximum absolute atomic E-state index is 6.03. The molecule has 0 atom stereocenters. The molecule has 0 saturated carbocycles. The lowest BCUT2D eigenvalue weighted by molar-refractivity contribution is 0.213. The van der Waals surface area contributed by atoms with Crippen molar-refractivity contribution in [3.8, 4) is 0 Å². The fraction of sp³-hybridized carbons (Fsp3) is 0.500. The molecule has 2 heteroatoms. The lowest BCUT2D eigenvalue weighted by Crippen LogP contribution is -2.24. The minimum atomic E-state index is 0.122. The number of hydrogen-bond donors (Lipinski definition) is 0. The van der Waals surface area contributed by atoms with Crippen LogP contribution in [0.4, 0.5) is 0 Å². The largest absolute Gasteiger partial charge is 0.492 e. The summed E-state index contributed by atoms with van der Waals surface area (Å²) in [5, 5.41) is 0. The van der Waals surface area contributed by atoms with Gasteiger partial charge < -0.3 is 4.74 Å². The van der Waals surface area contributed by atoms with Crippen molar-refractivity contribution < 1.29 is 4.74 Å². The Balaban J connectivity index is 2.60. The SMILES string of the molecule is Bc1cccc(C2=C(C(C)(C)C)C(C)(C)CO2)c1. The third-order valence-electron chi connectivity index (χ3n) is 3.51. The predicted molar refractivity (Wildman–Crippen MR) is 80.7 cm³/mol. The van der Waals surface area contributed by atoms with Crippen LogP contribution in [-0.4, -0.2) is 14.5 Å². The van der Waals surface area contributed by atoms with Gasteiger partial charge in [-0.1, -0.05) is 64.3 Å². The Bertz CT molecular complexity index is 492. The molecule has 1 aliphatic heterocycles. The van der Waals surface area contributed by atoms with Crippen molar-refractivity contribution in [2.45, 2.75) is 34.6 Å². The van der Waals surface area contributed by atoms with E-state index in [9.17, 15) is 0 Å². The zero-order chi connectivity index (χ0) is 13.6. The van der Waals surface area contributed by atoms with E-state index in [1.807, 2.05) is 0 Å². The van der Waals surface area contributed by atoms with Crippen LogP contribution >= 0.6 is 0 Å². The van der Waals surface area contributed by atoms with Gasteiger partial charge in [-0.25, -0.2) is 0 Å². The monoisotopic (exact) mass is 242 g/mol. The molecule has 0 saturated heterocycles. The molecule has 0 amide bonds. The van der Waals surface area contributed by atoms with Gasteiger partial charge in [-0.05, 0) is 11.0 Å². The fourth-order valence-electron chi connectivity index (χ4n) is 3.07. The molecule has 0 aliphatic carbocycles. The summed E-state index contributed by atoms with van der Waals surface area (Å²) in [5.41, 5.74) is 4.18. The maximum Gasteiger partial charge on any atom is 0.139 e. The van der Waals surface area contributed by atoms with Crippen LogP contribution in [0.15, 0.2) is 29.8 Å². The first-order valence-corrected chi connectivity index (χ1v) is 6.67. The standard InChI is InChI=1S/C16H23BO/c1-15(2,3)14-13(18-10-16(14,4)5)11-7-6-8-12(17)9-11/h6-9H,10,17H2,1-5H3. The van der Waals surface area contributed by atoms with Gasteiger partial charge in [0, 0.05) is 11.0 Å². The highest BCUT2D eigenvalue weighted by molar-refractivity contribution is 6.32. The van der Waals surface area contributed by atoms with Crippen molar-refractivity contribution in [1.82, 2.24) is 0 Å². The van der Waals surface area contributed by atoms with Gasteiger partial charge in [-0.2, -0.15) is 0 Å². The van der Waals surface area contributed by atoms with E-state index in [2.05, 4.69) is 66.7 Å². The van der Waals surface area contributed by atoms with Crippen LogP contribution in [0.2, 0.25) is 0 Å². The second-order valence-electron chi connectivity index (χ2n) is 7.00. The van der Waals surface area contributed by atoms with Gasteiger partial charge in [0.1, 0.15) is 13.6 Å². The molecule has 0 fully saturated rings. The second kappa shape index (κ2) is 4.19. The van der Waals surface area contributed by atoms with Gasteiger partial charge in [0.25, 0.3) is 0 Å². The predicted octanol–water partition coefficient (Wildman–Crippen LogP) is 2.76. The summed E-state index contributed by atoms with van der Waals surface area (Å²) < 4.78 is 6.03. The lowest BCUT2D eigenvalue weighted by Gasteiger charge is -2.30. The molecule has 1 heterocycles. The molecule has 2 rings (SSSR count). The average molecular weight is 242 g/mol. The van der Waals surface area contributed by atoms with E-state index in [0.717, 1.165) is 12.4 Å². The first-order valence-electron chi connectivity index (χ1n) is 6.67. The molecular formula is C16H23BO. The summed E-state index contributed by atoms with van der Waals surface area (Å²) in [5.74, 6) is 1.09. The highest BCUT2D eigenvalue weighted by Crippen LogP contribution is 2.49. The second-order valence-corrected chi connectivity index (χ2v) is 7.00. The van der Waals surface area contributed by atoms with Crippen LogP contribution in [0.1, 0.15) is 40.2 Å². The topological polar surface area (TPSA) is 9.23 Å². The summed E-state index contributed by atoms with van der Waals surface area (Å²) in [7, 11) is 2.13. The van der Waals surface area contributed by atoms with Crippen molar-refractivity contribution in [3.05, 3.63) is 35.4 Å². The summed E-state index contributed by atoms with van der Waals surface area (Å²) in [6, 6.07) is 8.59. The van der Waals surface area contributed by atoms with Crippen molar-refractivity contribution in [2.75, 3.05) is 6.61 Å². The van der Waals surface area contributed by atoms with Gasteiger partial charge in [-0.15, -0.1) is 0 Å². The number of rotatable bonds is 1. The normalized spacial score (nSPS) is 18.9.